The highest BCUT2D eigenvalue weighted by Crippen LogP contribution is 2.24. The van der Waals surface area contributed by atoms with Gasteiger partial charge in [-0.2, -0.15) is 0 Å². The number of carbonyl (C=O) groups excluding carboxylic acids is 1. The monoisotopic (exact) mass is 263 g/mol. The van der Waals surface area contributed by atoms with E-state index in [0.29, 0.717) is 18.8 Å². The number of amides is 1. The first kappa shape index (κ1) is 13.6. The number of carbonyl (C=O) groups is 1. The normalized spacial score (nSPS) is 18.9. The molecule has 1 atom stereocenters. The molecule has 0 saturated carbocycles. The molecule has 2 rings (SSSR count). The van der Waals surface area contributed by atoms with Gasteiger partial charge in [-0.1, -0.05) is 6.07 Å². The number of hydrogen-bond acceptors (Lipinski definition) is 4. The Labute approximate surface area is 113 Å². The van der Waals surface area contributed by atoms with Gasteiger partial charge in [-0.3, -0.25) is 0 Å². The van der Waals surface area contributed by atoms with E-state index in [9.17, 15) is 4.79 Å². The fourth-order valence-electron chi connectivity index (χ4n) is 2.16. The number of nitrogens with zero attached hydrogens (tertiary/aromatic N) is 2. The number of hydrogen-bond donors (Lipinski definition) is 1. The van der Waals surface area contributed by atoms with Gasteiger partial charge in [-0.15, -0.1) is 0 Å². The van der Waals surface area contributed by atoms with Crippen LogP contribution in [-0.2, 0) is 17.7 Å². The lowest BCUT2D eigenvalue weighted by Gasteiger charge is -2.35. The van der Waals surface area contributed by atoms with Gasteiger partial charge in [0.05, 0.1) is 6.54 Å². The van der Waals surface area contributed by atoms with Gasteiger partial charge in [0.25, 0.3) is 0 Å². The maximum atomic E-state index is 12.2. The van der Waals surface area contributed by atoms with Crippen LogP contribution in [0.3, 0.4) is 0 Å². The molecule has 104 valence electrons. The summed E-state index contributed by atoms with van der Waals surface area (Å²) in [7, 11) is 0. The Kier molecular flexibility index (Phi) is 3.39. The summed E-state index contributed by atoms with van der Waals surface area (Å²) in [4.78, 5) is 18.2. The van der Waals surface area contributed by atoms with Gasteiger partial charge in [0.1, 0.15) is 11.4 Å². The predicted octanol–water partition coefficient (Wildman–Crippen LogP) is 2.35. The van der Waals surface area contributed by atoms with Gasteiger partial charge in [-0.05, 0) is 39.3 Å². The van der Waals surface area contributed by atoms with Gasteiger partial charge < -0.3 is 15.4 Å². The standard InChI is InChI=1S/C14H21N3O2/c1-9-7-11-10(5-6-12(15)16-11)8-17(9)13(18)19-14(2,3)4/h5-6,9H,7-8H2,1-4H3,(H2,15,16). The summed E-state index contributed by atoms with van der Waals surface area (Å²) < 4.78 is 5.43. The highest BCUT2D eigenvalue weighted by molar-refractivity contribution is 5.69. The Hall–Kier alpha value is -1.78. The Morgan fingerprint density at radius 3 is 2.79 bits per heavy atom. The molecule has 1 aromatic heterocycles. The Morgan fingerprint density at radius 1 is 1.47 bits per heavy atom. The van der Waals surface area contributed by atoms with Crippen molar-refractivity contribution in [3.63, 3.8) is 0 Å². The predicted molar refractivity (Wildman–Crippen MR) is 73.6 cm³/mol. The molecular weight excluding hydrogens is 242 g/mol. The minimum absolute atomic E-state index is 0.0663. The first-order chi connectivity index (χ1) is 8.76. The van der Waals surface area contributed by atoms with Crippen molar-refractivity contribution in [2.45, 2.75) is 52.3 Å². The van der Waals surface area contributed by atoms with E-state index in [1.165, 1.54) is 0 Å². The van der Waals surface area contributed by atoms with Crippen LogP contribution in [0.4, 0.5) is 10.6 Å². The van der Waals surface area contributed by atoms with E-state index in [4.69, 9.17) is 10.5 Å². The van der Waals surface area contributed by atoms with Crippen molar-refractivity contribution in [1.29, 1.82) is 0 Å². The van der Waals surface area contributed by atoms with Crippen molar-refractivity contribution < 1.29 is 9.53 Å². The SMILES string of the molecule is CC1Cc2nc(N)ccc2CN1C(=O)OC(C)(C)C. The zero-order valence-corrected chi connectivity index (χ0v) is 11.9. The fourth-order valence-corrected chi connectivity index (χ4v) is 2.16. The van der Waals surface area contributed by atoms with Crippen molar-refractivity contribution in [2.75, 3.05) is 5.73 Å². The second-order valence-electron chi connectivity index (χ2n) is 6.00. The summed E-state index contributed by atoms with van der Waals surface area (Å²) in [6.45, 7) is 8.14. The summed E-state index contributed by atoms with van der Waals surface area (Å²) in [6, 6.07) is 3.76. The molecule has 0 spiro atoms. The highest BCUT2D eigenvalue weighted by Gasteiger charge is 2.30. The molecule has 2 heterocycles. The van der Waals surface area contributed by atoms with Gasteiger partial charge >= 0.3 is 6.09 Å². The first-order valence-corrected chi connectivity index (χ1v) is 6.50. The molecule has 19 heavy (non-hydrogen) atoms. The van der Waals surface area contributed by atoms with Crippen LogP contribution in [0.1, 0.15) is 39.0 Å². The summed E-state index contributed by atoms with van der Waals surface area (Å²) >= 11 is 0. The molecule has 1 unspecified atom stereocenters. The summed E-state index contributed by atoms with van der Waals surface area (Å²) in [5.74, 6) is 0.525. The van der Waals surface area contributed by atoms with E-state index in [-0.39, 0.29) is 12.1 Å². The molecule has 0 fully saturated rings. The van der Waals surface area contributed by atoms with Crippen LogP contribution in [0.2, 0.25) is 0 Å². The van der Waals surface area contributed by atoms with Crippen molar-refractivity contribution in [3.05, 3.63) is 23.4 Å². The van der Waals surface area contributed by atoms with Crippen LogP contribution in [0.15, 0.2) is 12.1 Å². The smallest absolute Gasteiger partial charge is 0.410 e. The van der Waals surface area contributed by atoms with Crippen molar-refractivity contribution in [1.82, 2.24) is 9.88 Å². The molecule has 0 bridgehead atoms. The maximum absolute atomic E-state index is 12.2. The maximum Gasteiger partial charge on any atom is 0.410 e. The summed E-state index contributed by atoms with van der Waals surface area (Å²) in [5.41, 5.74) is 7.23. The number of nitrogens with two attached hydrogens (primary N) is 1. The zero-order valence-electron chi connectivity index (χ0n) is 11.9. The lowest BCUT2D eigenvalue weighted by molar-refractivity contribution is 0.0136. The minimum Gasteiger partial charge on any atom is -0.444 e. The minimum atomic E-state index is -0.476. The van der Waals surface area contributed by atoms with Crippen LogP contribution < -0.4 is 5.73 Å². The van der Waals surface area contributed by atoms with Gasteiger partial charge in [0.2, 0.25) is 0 Å². The van der Waals surface area contributed by atoms with Crippen molar-refractivity contribution in [2.24, 2.45) is 0 Å². The lowest BCUT2D eigenvalue weighted by atomic mass is 10.0. The topological polar surface area (TPSA) is 68.5 Å². The molecule has 1 aliphatic rings. The van der Waals surface area contributed by atoms with Crippen LogP contribution in [-0.4, -0.2) is 27.6 Å². The third-order valence-electron chi connectivity index (χ3n) is 3.08. The highest BCUT2D eigenvalue weighted by atomic mass is 16.6. The summed E-state index contributed by atoms with van der Waals surface area (Å²) in [5, 5.41) is 0. The molecular formula is C14H21N3O2. The van der Waals surface area contributed by atoms with E-state index < -0.39 is 5.60 Å². The van der Waals surface area contributed by atoms with Gasteiger partial charge in [0, 0.05) is 18.2 Å². The Bertz CT molecular complexity index is 494. The van der Waals surface area contributed by atoms with Crippen LogP contribution in [0, 0.1) is 0 Å². The van der Waals surface area contributed by atoms with E-state index in [0.717, 1.165) is 11.3 Å². The molecule has 1 aromatic rings. The van der Waals surface area contributed by atoms with E-state index >= 15 is 0 Å². The molecule has 1 aliphatic heterocycles. The zero-order chi connectivity index (χ0) is 14.2. The molecule has 5 nitrogen and oxygen atoms in total. The third kappa shape index (κ3) is 3.16. The van der Waals surface area contributed by atoms with Crippen molar-refractivity contribution >= 4 is 11.9 Å². The van der Waals surface area contributed by atoms with E-state index in [1.807, 2.05) is 33.8 Å². The molecule has 1 amide bonds. The third-order valence-corrected chi connectivity index (χ3v) is 3.08. The van der Waals surface area contributed by atoms with Crippen LogP contribution >= 0.6 is 0 Å². The largest absolute Gasteiger partial charge is 0.444 e. The average molecular weight is 263 g/mol. The van der Waals surface area contributed by atoms with Crippen molar-refractivity contribution in [3.8, 4) is 0 Å². The fraction of sp³-hybridized carbons (Fsp3) is 0.571. The molecule has 0 saturated heterocycles. The van der Waals surface area contributed by atoms with E-state index in [1.54, 1.807) is 11.0 Å². The lowest BCUT2D eigenvalue weighted by Crippen LogP contribution is -2.45. The quantitative estimate of drug-likeness (QED) is 0.780. The first-order valence-electron chi connectivity index (χ1n) is 6.50. The second-order valence-corrected chi connectivity index (χ2v) is 6.00. The Balaban J connectivity index is 2.17. The number of pyridine rings is 1. The second kappa shape index (κ2) is 4.72. The summed E-state index contributed by atoms with van der Waals surface area (Å²) in [6.07, 6.45) is 0.432. The number of aromatic nitrogens is 1. The molecule has 5 heteroatoms. The number of anilines is 1. The molecule has 0 aromatic carbocycles. The number of rotatable bonds is 0. The molecule has 2 N–H and O–H groups in total. The molecule has 0 radical (unpaired) electrons. The molecule has 0 aliphatic carbocycles. The van der Waals surface area contributed by atoms with Crippen LogP contribution in [0.5, 0.6) is 0 Å². The van der Waals surface area contributed by atoms with Gasteiger partial charge in [-0.25, -0.2) is 9.78 Å². The van der Waals surface area contributed by atoms with E-state index in [2.05, 4.69) is 4.98 Å². The van der Waals surface area contributed by atoms with Gasteiger partial charge in [0.15, 0.2) is 0 Å². The average Bonchev–Trinajstić information content (AvgIpc) is 2.25. The van der Waals surface area contributed by atoms with Crippen LogP contribution in [0.25, 0.3) is 0 Å². The Morgan fingerprint density at radius 2 is 2.16 bits per heavy atom. The number of nitrogen functional groups attached to an aromatic ring is 1. The number of ether oxygens (including phenoxy) is 1. The number of fused-ring (bicyclic) bond motifs is 1.